The molecular formula is C20H34O. The van der Waals surface area contributed by atoms with Crippen molar-refractivity contribution in [3.8, 4) is 0 Å². The first-order valence-electron chi connectivity index (χ1n) is 9.39. The average Bonchev–Trinajstić information content (AvgIpc) is 2.91. The van der Waals surface area contributed by atoms with Crippen molar-refractivity contribution >= 4 is 0 Å². The lowest BCUT2D eigenvalue weighted by molar-refractivity contribution is -0.150. The van der Waals surface area contributed by atoms with E-state index in [-0.39, 0.29) is 11.5 Å². The third-order valence-electron chi connectivity index (χ3n) is 8.82. The van der Waals surface area contributed by atoms with Gasteiger partial charge >= 0.3 is 0 Å². The Balaban J connectivity index is 1.76. The van der Waals surface area contributed by atoms with Crippen molar-refractivity contribution in [2.24, 2.45) is 45.8 Å². The van der Waals surface area contributed by atoms with Crippen molar-refractivity contribution in [2.75, 3.05) is 0 Å². The summed E-state index contributed by atoms with van der Waals surface area (Å²) >= 11 is 0. The molecule has 4 aliphatic carbocycles. The van der Waals surface area contributed by atoms with Crippen LogP contribution in [0.5, 0.6) is 0 Å². The quantitative estimate of drug-likeness (QED) is 0.729. The van der Waals surface area contributed by atoms with Gasteiger partial charge in [-0.25, -0.2) is 0 Å². The van der Waals surface area contributed by atoms with Gasteiger partial charge in [0.15, 0.2) is 0 Å². The zero-order valence-electron chi connectivity index (χ0n) is 14.7. The van der Waals surface area contributed by atoms with E-state index in [0.717, 1.165) is 23.7 Å². The molecule has 0 aliphatic heterocycles. The lowest BCUT2D eigenvalue weighted by atomic mass is 9.47. The number of hydrogen-bond donors (Lipinski definition) is 1. The number of aliphatic hydroxyl groups is 1. The Morgan fingerprint density at radius 3 is 2.24 bits per heavy atom. The Morgan fingerprint density at radius 1 is 0.905 bits per heavy atom. The Bertz CT molecular complexity index is 457. The molecule has 4 fully saturated rings. The molecule has 0 aromatic carbocycles. The van der Waals surface area contributed by atoms with Crippen LogP contribution in [-0.2, 0) is 0 Å². The van der Waals surface area contributed by atoms with E-state index in [1.165, 1.54) is 38.5 Å². The van der Waals surface area contributed by atoms with E-state index in [1.807, 2.05) is 0 Å². The van der Waals surface area contributed by atoms with Crippen LogP contribution in [0.4, 0.5) is 0 Å². The van der Waals surface area contributed by atoms with Gasteiger partial charge in [0.2, 0.25) is 0 Å². The molecule has 0 unspecified atom stereocenters. The van der Waals surface area contributed by atoms with Crippen molar-refractivity contribution in [3.05, 3.63) is 0 Å². The third-order valence-corrected chi connectivity index (χ3v) is 8.82. The zero-order valence-corrected chi connectivity index (χ0v) is 14.7. The second kappa shape index (κ2) is 4.08. The molecular weight excluding hydrogens is 256 g/mol. The van der Waals surface area contributed by atoms with Crippen LogP contribution in [0, 0.1) is 45.8 Å². The normalized spacial score (nSPS) is 62.1. The minimum absolute atomic E-state index is 0.0368. The lowest BCUT2D eigenvalue weighted by Crippen LogP contribution is -2.56. The predicted molar refractivity (Wildman–Crippen MR) is 86.8 cm³/mol. The summed E-state index contributed by atoms with van der Waals surface area (Å²) in [5.41, 5.74) is 1.20. The Labute approximate surface area is 130 Å². The van der Waals surface area contributed by atoms with Gasteiger partial charge in [0, 0.05) is 0 Å². The molecule has 0 saturated heterocycles. The molecule has 0 amide bonds. The van der Waals surface area contributed by atoms with E-state index in [0.29, 0.717) is 16.7 Å². The van der Waals surface area contributed by atoms with E-state index >= 15 is 0 Å². The van der Waals surface area contributed by atoms with Crippen molar-refractivity contribution in [2.45, 2.75) is 79.2 Å². The monoisotopic (exact) mass is 290 g/mol. The Hall–Kier alpha value is -0.0400. The molecule has 0 bridgehead atoms. The molecule has 1 nitrogen and oxygen atoms in total. The van der Waals surface area contributed by atoms with Gasteiger partial charge in [0.25, 0.3) is 0 Å². The lowest BCUT2D eigenvalue weighted by Gasteiger charge is -2.59. The molecule has 0 radical (unpaired) electrons. The zero-order chi connectivity index (χ0) is 15.2. The first-order valence-corrected chi connectivity index (χ1v) is 9.39. The van der Waals surface area contributed by atoms with Gasteiger partial charge < -0.3 is 5.11 Å². The van der Waals surface area contributed by atoms with Crippen molar-refractivity contribution in [3.63, 3.8) is 0 Å². The van der Waals surface area contributed by atoms with Crippen LogP contribution in [0.3, 0.4) is 0 Å². The topological polar surface area (TPSA) is 20.2 Å². The summed E-state index contributed by atoms with van der Waals surface area (Å²) < 4.78 is 0. The van der Waals surface area contributed by atoms with Gasteiger partial charge in [0.05, 0.1) is 6.10 Å². The number of fused-ring (bicyclic) bond motifs is 4. The van der Waals surface area contributed by atoms with Crippen LogP contribution < -0.4 is 0 Å². The second-order valence-electron chi connectivity index (χ2n) is 10.4. The fourth-order valence-corrected chi connectivity index (χ4v) is 7.20. The largest absolute Gasteiger partial charge is 0.392 e. The standard InChI is InChI=1S/C20H34O/c1-12(2)14-6-7-18(3)8-9-19(4)10-13-11-20(13,5)17(21)16(19)15(14)18/h12-17,21H,6-11H2,1-5H3/t13-,14-,15+,16-,17-,18+,19-,20+/m0/s1. The Kier molecular flexibility index (Phi) is 2.82. The fourth-order valence-electron chi connectivity index (χ4n) is 7.20. The second-order valence-corrected chi connectivity index (χ2v) is 10.4. The van der Waals surface area contributed by atoms with E-state index in [1.54, 1.807) is 0 Å². The molecule has 4 aliphatic rings. The van der Waals surface area contributed by atoms with Gasteiger partial charge in [0.1, 0.15) is 0 Å². The number of aliphatic hydroxyl groups excluding tert-OH is 1. The number of rotatable bonds is 1. The average molecular weight is 290 g/mol. The molecule has 1 heteroatoms. The van der Waals surface area contributed by atoms with Crippen LogP contribution >= 0.6 is 0 Å². The minimum atomic E-state index is -0.0368. The highest BCUT2D eigenvalue weighted by Gasteiger charge is 2.70. The molecule has 0 spiro atoms. The maximum absolute atomic E-state index is 11.3. The van der Waals surface area contributed by atoms with Crippen molar-refractivity contribution < 1.29 is 5.11 Å². The first kappa shape index (κ1) is 14.5. The van der Waals surface area contributed by atoms with Gasteiger partial charge in [-0.15, -0.1) is 0 Å². The molecule has 120 valence electrons. The highest BCUT2D eigenvalue weighted by atomic mass is 16.3. The van der Waals surface area contributed by atoms with Crippen LogP contribution in [0.2, 0.25) is 0 Å². The maximum atomic E-state index is 11.3. The molecule has 0 heterocycles. The molecule has 0 aromatic heterocycles. The fraction of sp³-hybridized carbons (Fsp3) is 1.00. The van der Waals surface area contributed by atoms with Crippen molar-refractivity contribution in [1.29, 1.82) is 0 Å². The van der Waals surface area contributed by atoms with Crippen LogP contribution in [-0.4, -0.2) is 11.2 Å². The summed E-state index contributed by atoms with van der Waals surface area (Å²) in [7, 11) is 0. The summed E-state index contributed by atoms with van der Waals surface area (Å²) in [6.07, 6.45) is 8.21. The van der Waals surface area contributed by atoms with Crippen molar-refractivity contribution in [1.82, 2.24) is 0 Å². The Morgan fingerprint density at radius 2 is 1.57 bits per heavy atom. The highest BCUT2D eigenvalue weighted by molar-refractivity contribution is 5.19. The highest BCUT2D eigenvalue weighted by Crippen LogP contribution is 2.74. The third kappa shape index (κ3) is 1.73. The van der Waals surface area contributed by atoms with Gasteiger partial charge in [-0.2, -0.15) is 0 Å². The number of hydrogen-bond acceptors (Lipinski definition) is 1. The predicted octanol–water partition coefficient (Wildman–Crippen LogP) is 4.88. The molecule has 21 heavy (non-hydrogen) atoms. The molecule has 8 atom stereocenters. The van der Waals surface area contributed by atoms with E-state index < -0.39 is 0 Å². The molecule has 1 N–H and O–H groups in total. The summed E-state index contributed by atoms with van der Waals surface area (Å²) in [5, 5.41) is 11.3. The molecule has 0 aromatic rings. The molecule has 4 rings (SSSR count). The van der Waals surface area contributed by atoms with E-state index in [4.69, 9.17) is 0 Å². The summed E-state index contributed by atoms with van der Waals surface area (Å²) in [4.78, 5) is 0. The van der Waals surface area contributed by atoms with Crippen LogP contribution in [0.25, 0.3) is 0 Å². The molecule has 4 saturated carbocycles. The summed E-state index contributed by atoms with van der Waals surface area (Å²) in [5.74, 6) is 3.76. The van der Waals surface area contributed by atoms with E-state index in [2.05, 4.69) is 34.6 Å². The summed E-state index contributed by atoms with van der Waals surface area (Å²) in [6.45, 7) is 12.3. The summed E-state index contributed by atoms with van der Waals surface area (Å²) in [6, 6.07) is 0. The minimum Gasteiger partial charge on any atom is -0.392 e. The SMILES string of the molecule is CC(C)[C@@H]1CC[C@]2(C)CC[C@@]3(C)C[C@H]4C[C@@]4(C)[C@@H](O)[C@@H]3[C@@H]12. The van der Waals surface area contributed by atoms with Crippen LogP contribution in [0.15, 0.2) is 0 Å². The first-order chi connectivity index (χ1) is 9.71. The smallest absolute Gasteiger partial charge is 0.0632 e. The van der Waals surface area contributed by atoms with Gasteiger partial charge in [-0.1, -0.05) is 34.6 Å². The van der Waals surface area contributed by atoms with Gasteiger partial charge in [-0.05, 0) is 84.4 Å². The maximum Gasteiger partial charge on any atom is 0.0632 e. The van der Waals surface area contributed by atoms with Gasteiger partial charge in [-0.3, -0.25) is 0 Å². The van der Waals surface area contributed by atoms with Crippen LogP contribution in [0.1, 0.15) is 73.1 Å². The van der Waals surface area contributed by atoms with E-state index in [9.17, 15) is 5.11 Å².